The lowest BCUT2D eigenvalue weighted by molar-refractivity contribution is -0.268. The Morgan fingerprint density at radius 1 is 0.727 bits per heavy atom. The third kappa shape index (κ3) is 9.37. The molecule has 2 heterocycles. The van der Waals surface area contributed by atoms with Gasteiger partial charge in [-0.05, 0) is 48.9 Å². The van der Waals surface area contributed by atoms with Crippen LogP contribution in [0.15, 0.2) is 48.5 Å². The third-order valence-electron chi connectivity index (χ3n) is 8.50. The summed E-state index contributed by atoms with van der Waals surface area (Å²) in [5.74, 6) is 1.04. The second-order valence-electron chi connectivity index (χ2n) is 12.1. The zero-order valence-electron chi connectivity index (χ0n) is 27.8. The summed E-state index contributed by atoms with van der Waals surface area (Å²) in [6, 6.07) is 17.0. The molecule has 1 saturated heterocycles. The van der Waals surface area contributed by atoms with E-state index >= 15 is 0 Å². The van der Waals surface area contributed by atoms with Gasteiger partial charge in [0.15, 0.2) is 0 Å². The van der Waals surface area contributed by atoms with Crippen molar-refractivity contribution in [2.45, 2.75) is 116 Å². The van der Waals surface area contributed by atoms with Crippen LogP contribution in [0.2, 0.25) is 0 Å². The number of rotatable bonds is 20. The lowest BCUT2D eigenvalue weighted by atomic mass is 9.89. The van der Waals surface area contributed by atoms with Gasteiger partial charge in [-0.25, -0.2) is 4.98 Å². The second kappa shape index (κ2) is 18.6. The van der Waals surface area contributed by atoms with Crippen LogP contribution in [-0.4, -0.2) is 67.0 Å². The number of nitrogens with zero attached hydrogens (tertiary/aromatic N) is 2. The first kappa shape index (κ1) is 34.6. The molecule has 0 aliphatic carbocycles. The molecular formula is C37H56N2O5. The summed E-state index contributed by atoms with van der Waals surface area (Å²) >= 11 is 0. The highest BCUT2D eigenvalue weighted by Gasteiger charge is 2.48. The monoisotopic (exact) mass is 608 g/mol. The van der Waals surface area contributed by atoms with Crippen molar-refractivity contribution < 1.29 is 23.7 Å². The molecule has 5 atom stereocenters. The maximum absolute atomic E-state index is 6.98. The largest absolute Gasteiger partial charge is 0.379 e. The molecule has 44 heavy (non-hydrogen) atoms. The fourth-order valence-electron chi connectivity index (χ4n) is 5.84. The van der Waals surface area contributed by atoms with E-state index in [0.29, 0.717) is 33.0 Å². The van der Waals surface area contributed by atoms with E-state index < -0.39 is 0 Å². The molecule has 1 aliphatic heterocycles. The lowest BCUT2D eigenvalue weighted by Gasteiger charge is -2.46. The number of benzene rings is 2. The number of ether oxygens (including phenoxy) is 5. The summed E-state index contributed by atoms with van der Waals surface area (Å²) in [7, 11) is 2.09. The van der Waals surface area contributed by atoms with Crippen LogP contribution in [0.25, 0.3) is 11.0 Å². The van der Waals surface area contributed by atoms with Crippen LogP contribution in [0.4, 0.5) is 0 Å². The summed E-state index contributed by atoms with van der Waals surface area (Å²) in [4.78, 5) is 4.93. The number of hydrogen-bond acceptors (Lipinski definition) is 6. The first-order chi connectivity index (χ1) is 21.6. The Bertz CT molecular complexity index is 1230. The van der Waals surface area contributed by atoms with Crippen LogP contribution in [0, 0.1) is 0 Å². The van der Waals surface area contributed by atoms with E-state index in [9.17, 15) is 0 Å². The molecule has 0 bridgehead atoms. The van der Waals surface area contributed by atoms with Crippen LogP contribution >= 0.6 is 0 Å². The molecular weight excluding hydrogens is 552 g/mol. The number of aromatic nitrogens is 2. The molecule has 0 saturated carbocycles. The second-order valence-corrected chi connectivity index (χ2v) is 12.1. The first-order valence-corrected chi connectivity index (χ1v) is 17.2. The van der Waals surface area contributed by atoms with E-state index in [1.165, 1.54) is 5.56 Å². The van der Waals surface area contributed by atoms with E-state index in [-0.39, 0.29) is 30.5 Å². The Labute approximate surface area is 265 Å². The van der Waals surface area contributed by atoms with Crippen LogP contribution in [0.3, 0.4) is 0 Å². The molecule has 3 aromatic rings. The van der Waals surface area contributed by atoms with Gasteiger partial charge in [-0.2, -0.15) is 0 Å². The highest BCUT2D eigenvalue weighted by molar-refractivity contribution is 5.75. The van der Waals surface area contributed by atoms with Gasteiger partial charge in [0.1, 0.15) is 36.3 Å². The highest BCUT2D eigenvalue weighted by Crippen LogP contribution is 2.38. The van der Waals surface area contributed by atoms with E-state index in [1.54, 1.807) is 0 Å². The molecule has 4 rings (SSSR count). The van der Waals surface area contributed by atoms with Gasteiger partial charge in [0.2, 0.25) is 0 Å². The minimum atomic E-state index is -0.301. The average molecular weight is 609 g/mol. The van der Waals surface area contributed by atoms with Crippen LogP contribution in [0.5, 0.6) is 0 Å². The van der Waals surface area contributed by atoms with Crippen LogP contribution in [0.1, 0.15) is 102 Å². The molecule has 0 spiro atoms. The van der Waals surface area contributed by atoms with Gasteiger partial charge in [0.25, 0.3) is 0 Å². The highest BCUT2D eigenvalue weighted by atomic mass is 16.6. The van der Waals surface area contributed by atoms with Gasteiger partial charge < -0.3 is 28.3 Å². The summed E-state index contributed by atoms with van der Waals surface area (Å²) in [6.07, 6.45) is 7.70. The molecule has 0 radical (unpaired) electrons. The van der Waals surface area contributed by atoms with Crippen molar-refractivity contribution in [1.82, 2.24) is 9.55 Å². The maximum Gasteiger partial charge on any atom is 0.117 e. The van der Waals surface area contributed by atoms with Crippen molar-refractivity contribution in [3.8, 4) is 0 Å². The number of aryl methyl sites for hydroxylation is 1. The zero-order chi connectivity index (χ0) is 31.1. The Hall–Kier alpha value is -2.29. The number of fused-ring (bicyclic) bond motifs is 1. The van der Waals surface area contributed by atoms with E-state index in [0.717, 1.165) is 80.2 Å². The standard InChI is InChI=1S/C37H56N2O5/c1-6-10-21-40-27-32-35(41-22-11-7-2)37(43-24-13-9-4)36(42-23-12-8-3)34(44-32)29-18-16-17-28(25-29)26-33-38-30-19-14-15-20-31(30)39(33)5/h14-20,25,32,34-37H,6-13,21-24,26-27H2,1-5H3/t32-,34+,35-,36+,37+/m1/s1. The van der Waals surface area contributed by atoms with E-state index in [4.69, 9.17) is 28.7 Å². The van der Waals surface area contributed by atoms with Gasteiger partial charge in [0, 0.05) is 39.9 Å². The Kier molecular flexibility index (Phi) is 14.6. The summed E-state index contributed by atoms with van der Waals surface area (Å²) in [6.45, 7) is 12.0. The maximum atomic E-state index is 6.98. The molecule has 7 heteroatoms. The minimum Gasteiger partial charge on any atom is -0.379 e. The van der Waals surface area contributed by atoms with E-state index in [1.807, 2.05) is 6.07 Å². The Morgan fingerprint density at radius 2 is 1.36 bits per heavy atom. The van der Waals surface area contributed by atoms with Crippen molar-refractivity contribution in [2.75, 3.05) is 33.0 Å². The molecule has 0 amide bonds. The smallest absolute Gasteiger partial charge is 0.117 e. The normalized spacial score (nSPS) is 22.2. The minimum absolute atomic E-state index is 0.253. The predicted octanol–water partition coefficient (Wildman–Crippen LogP) is 7.98. The number of para-hydroxylation sites is 2. The summed E-state index contributed by atoms with van der Waals surface area (Å²) < 4.78 is 35.3. The van der Waals surface area contributed by atoms with Crippen molar-refractivity contribution in [3.05, 3.63) is 65.5 Å². The fraction of sp³-hybridized carbons (Fsp3) is 0.649. The molecule has 1 aromatic heterocycles. The molecule has 7 nitrogen and oxygen atoms in total. The molecule has 244 valence electrons. The number of imidazole rings is 1. The van der Waals surface area contributed by atoms with Crippen molar-refractivity contribution in [1.29, 1.82) is 0 Å². The predicted molar refractivity (Wildman–Crippen MR) is 177 cm³/mol. The molecule has 0 N–H and O–H groups in total. The first-order valence-electron chi connectivity index (χ1n) is 17.2. The summed E-state index contributed by atoms with van der Waals surface area (Å²) in [5.41, 5.74) is 4.45. The lowest BCUT2D eigenvalue weighted by Crippen LogP contribution is -2.58. The fourth-order valence-corrected chi connectivity index (χ4v) is 5.84. The van der Waals surface area contributed by atoms with Gasteiger partial charge in [-0.15, -0.1) is 0 Å². The average Bonchev–Trinajstić information content (AvgIpc) is 3.35. The number of unbranched alkanes of at least 4 members (excludes halogenated alkanes) is 4. The van der Waals surface area contributed by atoms with Crippen molar-refractivity contribution in [3.63, 3.8) is 0 Å². The summed E-state index contributed by atoms with van der Waals surface area (Å²) in [5, 5.41) is 0. The topological polar surface area (TPSA) is 64.0 Å². The third-order valence-corrected chi connectivity index (χ3v) is 8.50. The van der Waals surface area contributed by atoms with Gasteiger partial charge in [-0.1, -0.05) is 89.8 Å². The quantitative estimate of drug-likeness (QED) is 0.121. The van der Waals surface area contributed by atoms with Gasteiger partial charge in [-0.3, -0.25) is 0 Å². The van der Waals surface area contributed by atoms with Crippen LogP contribution < -0.4 is 0 Å². The van der Waals surface area contributed by atoms with E-state index in [2.05, 4.69) is 81.8 Å². The van der Waals surface area contributed by atoms with Crippen molar-refractivity contribution in [2.24, 2.45) is 7.05 Å². The molecule has 1 aliphatic rings. The van der Waals surface area contributed by atoms with Crippen molar-refractivity contribution >= 4 is 11.0 Å². The molecule has 1 fully saturated rings. The molecule has 0 unspecified atom stereocenters. The molecule has 2 aromatic carbocycles. The van der Waals surface area contributed by atoms with Crippen LogP contribution in [-0.2, 0) is 37.2 Å². The Morgan fingerprint density at radius 3 is 2.05 bits per heavy atom. The number of hydrogen-bond donors (Lipinski definition) is 0. The zero-order valence-corrected chi connectivity index (χ0v) is 27.8. The van der Waals surface area contributed by atoms with Gasteiger partial charge in [0.05, 0.1) is 17.6 Å². The Balaban J connectivity index is 1.66. The SMILES string of the molecule is CCCCOC[C@H]1O[C@@H](c2cccc(Cc3nc4ccccc4n3C)c2)[C@H](OCCCC)[C@@H](OCCCC)[C@@H]1OCCCC. The van der Waals surface area contributed by atoms with Gasteiger partial charge >= 0.3 is 0 Å².